The molecule has 0 radical (unpaired) electrons. The Morgan fingerprint density at radius 2 is 1.82 bits per heavy atom. The van der Waals surface area contributed by atoms with E-state index in [1.54, 1.807) is 0 Å². The lowest BCUT2D eigenvalue weighted by Gasteiger charge is -2.50. The SMILES string of the molecule is CC(CC1(C)[C@H](C)CCN1CCO)C1(C)CCN(C)C1(C)C. The Morgan fingerprint density at radius 1 is 1.18 bits per heavy atom. The van der Waals surface area contributed by atoms with Crippen LogP contribution in [0.1, 0.15) is 60.8 Å². The summed E-state index contributed by atoms with van der Waals surface area (Å²) >= 11 is 0. The molecule has 2 heterocycles. The Labute approximate surface area is 138 Å². The van der Waals surface area contributed by atoms with Crippen molar-refractivity contribution in [1.82, 2.24) is 9.80 Å². The molecule has 0 spiro atoms. The monoisotopic (exact) mass is 310 g/mol. The summed E-state index contributed by atoms with van der Waals surface area (Å²) < 4.78 is 0. The van der Waals surface area contributed by atoms with Crippen LogP contribution in [0.25, 0.3) is 0 Å². The van der Waals surface area contributed by atoms with Gasteiger partial charge in [-0.3, -0.25) is 4.90 Å². The van der Waals surface area contributed by atoms with Gasteiger partial charge >= 0.3 is 0 Å². The molecule has 3 unspecified atom stereocenters. The maximum absolute atomic E-state index is 9.41. The summed E-state index contributed by atoms with van der Waals surface area (Å²) in [4.78, 5) is 5.08. The Bertz CT molecular complexity index is 395. The molecule has 0 aliphatic carbocycles. The van der Waals surface area contributed by atoms with Crippen molar-refractivity contribution < 1.29 is 5.11 Å². The highest BCUT2D eigenvalue weighted by Crippen LogP contribution is 2.53. The van der Waals surface area contributed by atoms with Gasteiger partial charge in [0.1, 0.15) is 0 Å². The lowest BCUT2D eigenvalue weighted by Crippen LogP contribution is -2.53. The van der Waals surface area contributed by atoms with E-state index >= 15 is 0 Å². The van der Waals surface area contributed by atoms with Gasteiger partial charge in [-0.25, -0.2) is 0 Å². The van der Waals surface area contributed by atoms with E-state index in [1.807, 2.05) is 0 Å². The summed E-state index contributed by atoms with van der Waals surface area (Å²) in [5.74, 6) is 1.39. The highest BCUT2D eigenvalue weighted by molar-refractivity contribution is 5.08. The molecule has 22 heavy (non-hydrogen) atoms. The third-order valence-electron chi connectivity index (χ3n) is 8.11. The van der Waals surface area contributed by atoms with Crippen LogP contribution < -0.4 is 0 Å². The maximum Gasteiger partial charge on any atom is 0.0558 e. The molecule has 3 heteroatoms. The Morgan fingerprint density at radius 3 is 2.32 bits per heavy atom. The summed E-state index contributed by atoms with van der Waals surface area (Å²) in [6, 6.07) is 0. The van der Waals surface area contributed by atoms with E-state index in [9.17, 15) is 5.11 Å². The normalized spacial score (nSPS) is 41.2. The molecule has 2 aliphatic rings. The van der Waals surface area contributed by atoms with Crippen molar-refractivity contribution in [1.29, 1.82) is 0 Å². The lowest BCUT2D eigenvalue weighted by molar-refractivity contribution is 0.00666. The molecule has 2 saturated heterocycles. The van der Waals surface area contributed by atoms with Crippen molar-refractivity contribution in [3.63, 3.8) is 0 Å². The predicted octanol–water partition coefficient (Wildman–Crippen LogP) is 3.23. The minimum absolute atomic E-state index is 0.238. The van der Waals surface area contributed by atoms with Crippen LogP contribution in [0, 0.1) is 17.3 Å². The number of aliphatic hydroxyl groups is 1. The van der Waals surface area contributed by atoms with Crippen LogP contribution in [0.3, 0.4) is 0 Å². The van der Waals surface area contributed by atoms with E-state index in [0.29, 0.717) is 17.3 Å². The van der Waals surface area contributed by atoms with Gasteiger partial charge in [0.25, 0.3) is 0 Å². The zero-order chi connectivity index (χ0) is 16.8. The van der Waals surface area contributed by atoms with Crippen molar-refractivity contribution in [3.05, 3.63) is 0 Å². The second-order valence-electron chi connectivity index (χ2n) is 9.01. The van der Waals surface area contributed by atoms with Crippen molar-refractivity contribution in [2.75, 3.05) is 33.3 Å². The number of aliphatic hydroxyl groups excluding tert-OH is 1. The summed E-state index contributed by atoms with van der Waals surface area (Å²) in [6.45, 7) is 18.1. The van der Waals surface area contributed by atoms with Crippen LogP contribution in [-0.4, -0.2) is 59.3 Å². The van der Waals surface area contributed by atoms with Gasteiger partial charge in [0.2, 0.25) is 0 Å². The van der Waals surface area contributed by atoms with E-state index in [2.05, 4.69) is 58.4 Å². The zero-order valence-electron chi connectivity index (χ0n) is 15.9. The molecule has 3 nitrogen and oxygen atoms in total. The smallest absolute Gasteiger partial charge is 0.0558 e. The molecule has 2 aliphatic heterocycles. The fourth-order valence-corrected chi connectivity index (χ4v) is 5.16. The molecular formula is C19H38N2O. The topological polar surface area (TPSA) is 26.7 Å². The molecule has 2 rings (SSSR count). The molecule has 0 aromatic carbocycles. The molecule has 2 fully saturated rings. The van der Waals surface area contributed by atoms with E-state index in [0.717, 1.165) is 13.1 Å². The van der Waals surface area contributed by atoms with Crippen LogP contribution in [-0.2, 0) is 0 Å². The number of rotatable bonds is 5. The molecule has 130 valence electrons. The van der Waals surface area contributed by atoms with Crippen LogP contribution >= 0.6 is 0 Å². The van der Waals surface area contributed by atoms with E-state index in [4.69, 9.17) is 0 Å². The molecule has 0 amide bonds. The minimum atomic E-state index is 0.238. The van der Waals surface area contributed by atoms with Crippen LogP contribution in [0.5, 0.6) is 0 Å². The average Bonchev–Trinajstić information content (AvgIpc) is 2.83. The zero-order valence-corrected chi connectivity index (χ0v) is 15.9. The number of hydrogen-bond donors (Lipinski definition) is 1. The maximum atomic E-state index is 9.41. The first-order chi connectivity index (χ1) is 10.1. The molecule has 0 aromatic rings. The minimum Gasteiger partial charge on any atom is -0.395 e. The van der Waals surface area contributed by atoms with Gasteiger partial charge in [-0.2, -0.15) is 0 Å². The summed E-state index contributed by atoms with van der Waals surface area (Å²) in [6.07, 6.45) is 3.80. The Balaban J connectivity index is 2.18. The molecule has 4 atom stereocenters. The van der Waals surface area contributed by atoms with E-state index in [1.165, 1.54) is 25.8 Å². The summed E-state index contributed by atoms with van der Waals surface area (Å²) in [5, 5.41) is 9.41. The highest BCUT2D eigenvalue weighted by atomic mass is 16.3. The van der Waals surface area contributed by atoms with Gasteiger partial charge in [0.15, 0.2) is 0 Å². The number of β-amino-alcohol motifs (C(OH)–C–C–N with tert-alkyl or cyclic N) is 1. The van der Waals surface area contributed by atoms with Crippen molar-refractivity contribution >= 4 is 0 Å². The molecular weight excluding hydrogens is 272 g/mol. The van der Waals surface area contributed by atoms with E-state index < -0.39 is 0 Å². The van der Waals surface area contributed by atoms with Gasteiger partial charge in [0, 0.05) is 17.6 Å². The van der Waals surface area contributed by atoms with Gasteiger partial charge in [-0.05, 0) is 77.4 Å². The van der Waals surface area contributed by atoms with Gasteiger partial charge < -0.3 is 10.0 Å². The Kier molecular flexibility index (Phi) is 5.03. The number of likely N-dealkylation sites (tertiary alicyclic amines) is 2. The van der Waals surface area contributed by atoms with Crippen molar-refractivity contribution in [2.45, 2.75) is 71.9 Å². The molecule has 0 aromatic heterocycles. The first-order valence-corrected chi connectivity index (χ1v) is 9.16. The van der Waals surface area contributed by atoms with Crippen LogP contribution in [0.2, 0.25) is 0 Å². The first-order valence-electron chi connectivity index (χ1n) is 9.16. The molecule has 1 N–H and O–H groups in total. The fraction of sp³-hybridized carbons (Fsp3) is 1.00. The Hall–Kier alpha value is -0.120. The third-order valence-corrected chi connectivity index (χ3v) is 8.11. The number of nitrogens with zero attached hydrogens (tertiary/aromatic N) is 2. The molecule has 0 saturated carbocycles. The van der Waals surface area contributed by atoms with Crippen LogP contribution in [0.4, 0.5) is 0 Å². The average molecular weight is 311 g/mol. The summed E-state index contributed by atoms with van der Waals surface area (Å²) in [5.41, 5.74) is 0.854. The lowest BCUT2D eigenvalue weighted by atomic mass is 9.62. The molecule has 0 bridgehead atoms. The highest BCUT2D eigenvalue weighted by Gasteiger charge is 2.54. The van der Waals surface area contributed by atoms with Gasteiger partial charge in [0.05, 0.1) is 6.61 Å². The van der Waals surface area contributed by atoms with Crippen molar-refractivity contribution in [2.24, 2.45) is 17.3 Å². The quantitative estimate of drug-likeness (QED) is 0.844. The van der Waals surface area contributed by atoms with Crippen LogP contribution in [0.15, 0.2) is 0 Å². The fourth-order valence-electron chi connectivity index (χ4n) is 5.16. The number of hydrogen-bond acceptors (Lipinski definition) is 3. The van der Waals surface area contributed by atoms with Crippen molar-refractivity contribution in [3.8, 4) is 0 Å². The largest absolute Gasteiger partial charge is 0.395 e. The first kappa shape index (κ1) is 18.2. The second-order valence-corrected chi connectivity index (χ2v) is 9.01. The van der Waals surface area contributed by atoms with Gasteiger partial charge in [-0.15, -0.1) is 0 Å². The third kappa shape index (κ3) is 2.63. The predicted molar refractivity (Wildman–Crippen MR) is 94.1 cm³/mol. The van der Waals surface area contributed by atoms with Gasteiger partial charge in [-0.1, -0.05) is 20.8 Å². The standard InChI is InChI=1S/C19H38N2O/c1-15-8-10-21(12-13-22)19(15,6)14-16(2)18(5)9-11-20(7)17(18,3)4/h15-16,22H,8-14H2,1-7H3/t15-,16?,18?,19?/m1/s1. The second kappa shape index (κ2) is 6.07. The van der Waals surface area contributed by atoms with E-state index in [-0.39, 0.29) is 17.7 Å². The summed E-state index contributed by atoms with van der Waals surface area (Å²) in [7, 11) is 2.27.